The molecule has 3 aromatic heterocycles. The van der Waals surface area contributed by atoms with Gasteiger partial charge in [-0.3, -0.25) is 9.36 Å². The summed E-state index contributed by atoms with van der Waals surface area (Å²) in [6.45, 7) is 8.29. The van der Waals surface area contributed by atoms with Crippen LogP contribution in [0.3, 0.4) is 0 Å². The molecule has 0 spiro atoms. The van der Waals surface area contributed by atoms with Crippen LogP contribution in [-0.2, 0) is 17.8 Å². The second-order valence-electron chi connectivity index (χ2n) is 10.9. The molecule has 5 rings (SSSR count). The number of para-hydroxylation sites is 2. The molecule has 1 aliphatic rings. The maximum atomic E-state index is 13.7. The average molecular weight is 561 g/mol. The largest absolute Gasteiger partial charge is 0.805 e. The van der Waals surface area contributed by atoms with E-state index < -0.39 is 17.3 Å². The van der Waals surface area contributed by atoms with Crippen molar-refractivity contribution in [1.29, 1.82) is 0 Å². The Hall–Kier alpha value is -4.86. The molecule has 0 unspecified atom stereocenters. The fraction of sp³-hybridized carbons (Fsp3) is 0.429. The highest BCUT2D eigenvalue weighted by Crippen LogP contribution is 2.24. The van der Waals surface area contributed by atoms with E-state index in [2.05, 4.69) is 22.3 Å². The molecule has 1 N–H and O–H groups in total. The van der Waals surface area contributed by atoms with Gasteiger partial charge in [0, 0.05) is 30.1 Å². The SMILES string of the molecule is CC#CCn1c(N2CCC[C@@H](NC(=O)OC(C)(C)C)C2)nc2cnn(Cc3c[n+](=O)c4ccccc4n3[O-])c(=O)c21. The van der Waals surface area contributed by atoms with Gasteiger partial charge in [-0.05, 0) is 46.6 Å². The van der Waals surface area contributed by atoms with Crippen molar-refractivity contribution in [2.75, 3.05) is 18.0 Å². The predicted molar refractivity (Wildman–Crippen MR) is 153 cm³/mol. The van der Waals surface area contributed by atoms with Crippen LogP contribution in [0.4, 0.5) is 10.7 Å². The summed E-state index contributed by atoms with van der Waals surface area (Å²) in [6, 6.07) is 6.28. The average Bonchev–Trinajstić information content (AvgIpc) is 3.30. The maximum Gasteiger partial charge on any atom is 0.407 e. The van der Waals surface area contributed by atoms with Crippen molar-refractivity contribution in [3.63, 3.8) is 0 Å². The summed E-state index contributed by atoms with van der Waals surface area (Å²) in [7, 11) is 0. The van der Waals surface area contributed by atoms with E-state index >= 15 is 0 Å². The van der Waals surface area contributed by atoms with Gasteiger partial charge in [-0.15, -0.1) is 5.92 Å². The van der Waals surface area contributed by atoms with Gasteiger partial charge in [-0.1, -0.05) is 18.1 Å². The zero-order chi connectivity index (χ0) is 29.3. The normalized spacial score (nSPS) is 15.5. The number of nitrogens with zero attached hydrogens (tertiary/aromatic N) is 7. The van der Waals surface area contributed by atoms with Gasteiger partial charge in [0.2, 0.25) is 12.1 Å². The number of carbonyl (C=O) groups excluding carboxylic acids is 1. The Labute approximate surface area is 235 Å². The van der Waals surface area contributed by atoms with Crippen LogP contribution in [0.1, 0.15) is 46.2 Å². The Morgan fingerprint density at radius 3 is 2.83 bits per heavy atom. The summed E-state index contributed by atoms with van der Waals surface area (Å²) in [5.74, 6) is 6.42. The molecule has 214 valence electrons. The predicted octanol–water partition coefficient (Wildman–Crippen LogP) is 2.37. The van der Waals surface area contributed by atoms with Crippen molar-refractivity contribution in [3.05, 3.63) is 62.8 Å². The lowest BCUT2D eigenvalue weighted by atomic mass is 10.1. The number of rotatable bonds is 5. The van der Waals surface area contributed by atoms with E-state index in [1.807, 2.05) is 25.7 Å². The van der Waals surface area contributed by atoms with E-state index in [4.69, 9.17) is 9.72 Å². The molecule has 13 nitrogen and oxygen atoms in total. The number of hydrogen-bond acceptors (Lipinski definition) is 8. The third-order valence-electron chi connectivity index (χ3n) is 6.75. The van der Waals surface area contributed by atoms with E-state index in [-0.39, 0.29) is 41.4 Å². The fourth-order valence-corrected chi connectivity index (χ4v) is 4.98. The lowest BCUT2D eigenvalue weighted by Crippen LogP contribution is -2.49. The lowest BCUT2D eigenvalue weighted by molar-refractivity contribution is -0.465. The van der Waals surface area contributed by atoms with Crippen LogP contribution in [0.15, 0.2) is 41.5 Å². The Balaban J connectivity index is 1.50. The molecular weight excluding hydrogens is 528 g/mol. The van der Waals surface area contributed by atoms with Crippen molar-refractivity contribution < 1.29 is 14.0 Å². The van der Waals surface area contributed by atoms with Crippen molar-refractivity contribution in [2.24, 2.45) is 0 Å². The number of anilines is 1. The van der Waals surface area contributed by atoms with Crippen molar-refractivity contribution in [1.82, 2.24) is 29.4 Å². The standard InChI is InChI=1S/C28H32N8O5/c1-5-6-14-33-24-21(31-26(33)32-13-9-10-19(16-32)30-27(38)41-28(2,3)4)15-29-34(25(24)37)17-20-18-35(39)22-11-7-8-12-23(22)36(20)40/h7-8,11-12,15,18-19H,9-10,13-14,16-17H2,1-4H3,(H,30,38)/t19-/m1/s1. The van der Waals surface area contributed by atoms with Crippen LogP contribution in [0.25, 0.3) is 22.1 Å². The molecule has 41 heavy (non-hydrogen) atoms. The molecule has 1 amide bonds. The number of alkyl carbamates (subject to hydrolysis) is 1. The highest BCUT2D eigenvalue weighted by Gasteiger charge is 2.28. The first-order valence-corrected chi connectivity index (χ1v) is 13.4. The number of nitrogens with one attached hydrogen (secondary N) is 1. The van der Waals surface area contributed by atoms with Crippen LogP contribution in [-0.4, -0.2) is 54.9 Å². The van der Waals surface area contributed by atoms with Gasteiger partial charge in [0.25, 0.3) is 11.1 Å². The molecular formula is C28H32N8O5. The number of amides is 1. The number of fused-ring (bicyclic) bond motifs is 2. The van der Waals surface area contributed by atoms with Crippen LogP contribution in [0, 0.1) is 22.0 Å². The van der Waals surface area contributed by atoms with Crippen LogP contribution in [0.2, 0.25) is 0 Å². The van der Waals surface area contributed by atoms with Gasteiger partial charge in [0.1, 0.15) is 27.8 Å². The number of piperidine rings is 1. The first-order chi connectivity index (χ1) is 19.6. The molecule has 13 heteroatoms. The van der Waals surface area contributed by atoms with Gasteiger partial charge < -0.3 is 24.9 Å². The zero-order valence-electron chi connectivity index (χ0n) is 23.5. The summed E-state index contributed by atoms with van der Waals surface area (Å²) in [4.78, 5) is 45.4. The molecule has 0 bridgehead atoms. The third-order valence-corrected chi connectivity index (χ3v) is 6.75. The first-order valence-electron chi connectivity index (χ1n) is 13.4. The van der Waals surface area contributed by atoms with E-state index in [0.29, 0.717) is 33.7 Å². The Bertz CT molecular complexity index is 1800. The van der Waals surface area contributed by atoms with E-state index in [1.54, 1.807) is 35.8 Å². The number of hydrogen-bond donors (Lipinski definition) is 1. The number of carbonyl (C=O) groups is 1. The molecule has 4 aromatic rings. The lowest BCUT2D eigenvalue weighted by Gasteiger charge is -2.34. The zero-order valence-corrected chi connectivity index (χ0v) is 23.5. The van der Waals surface area contributed by atoms with Crippen molar-refractivity contribution >= 4 is 34.1 Å². The summed E-state index contributed by atoms with van der Waals surface area (Å²) in [5, 5.41) is 20.2. The van der Waals surface area contributed by atoms with Gasteiger partial charge in [-0.2, -0.15) is 5.10 Å². The summed E-state index contributed by atoms with van der Waals surface area (Å²) in [5.41, 5.74) is 0.0827. The van der Waals surface area contributed by atoms with E-state index in [1.165, 1.54) is 6.20 Å². The van der Waals surface area contributed by atoms with Crippen molar-refractivity contribution in [3.8, 4) is 11.8 Å². The fourth-order valence-electron chi connectivity index (χ4n) is 4.98. The van der Waals surface area contributed by atoms with Crippen LogP contribution >= 0.6 is 0 Å². The second kappa shape index (κ2) is 11.0. The molecule has 1 fully saturated rings. The quantitative estimate of drug-likeness (QED) is 0.289. The molecule has 1 atom stereocenters. The molecule has 0 radical (unpaired) electrons. The Morgan fingerprint density at radius 2 is 2.07 bits per heavy atom. The topological polar surface area (TPSA) is 145 Å². The molecule has 1 aliphatic heterocycles. The molecule has 4 heterocycles. The van der Waals surface area contributed by atoms with Gasteiger partial charge in [0.05, 0.1) is 23.7 Å². The van der Waals surface area contributed by atoms with Crippen molar-refractivity contribution in [2.45, 2.75) is 65.3 Å². The van der Waals surface area contributed by atoms with Crippen LogP contribution < -0.4 is 20.2 Å². The molecule has 0 aliphatic carbocycles. The third kappa shape index (κ3) is 5.72. The Kier molecular flexibility index (Phi) is 7.40. The van der Waals surface area contributed by atoms with Gasteiger partial charge in [-0.25, -0.2) is 14.5 Å². The van der Waals surface area contributed by atoms with E-state index in [9.17, 15) is 19.7 Å². The van der Waals surface area contributed by atoms with Gasteiger partial charge >= 0.3 is 6.09 Å². The highest BCUT2D eigenvalue weighted by atomic mass is 16.6. The molecule has 1 saturated heterocycles. The monoisotopic (exact) mass is 560 g/mol. The summed E-state index contributed by atoms with van der Waals surface area (Å²) >= 11 is 0. The number of ether oxygens (including phenoxy) is 1. The highest BCUT2D eigenvalue weighted by molar-refractivity contribution is 5.77. The molecule has 1 aromatic carbocycles. The minimum Gasteiger partial charge on any atom is -0.805 e. The maximum absolute atomic E-state index is 13.7. The number of aromatic nitrogens is 6. The first kappa shape index (κ1) is 27.7. The summed E-state index contributed by atoms with van der Waals surface area (Å²) < 4.78 is 9.55. The van der Waals surface area contributed by atoms with E-state index in [0.717, 1.165) is 23.7 Å². The Morgan fingerprint density at radius 1 is 1.29 bits per heavy atom. The minimum absolute atomic E-state index is 0.0689. The summed E-state index contributed by atoms with van der Waals surface area (Å²) in [6.07, 6.45) is 3.72. The molecule has 0 saturated carbocycles. The van der Waals surface area contributed by atoms with Crippen LogP contribution in [0.5, 0.6) is 0 Å². The smallest absolute Gasteiger partial charge is 0.407 e. The van der Waals surface area contributed by atoms with Gasteiger partial charge in [0.15, 0.2) is 0 Å². The minimum atomic E-state index is -0.607. The number of imidazole rings is 1. The number of benzene rings is 1. The second-order valence-corrected chi connectivity index (χ2v) is 10.9.